The van der Waals surface area contributed by atoms with Gasteiger partial charge in [-0.15, -0.1) is 11.3 Å². The van der Waals surface area contributed by atoms with Gasteiger partial charge in [-0.25, -0.2) is 4.98 Å². The average Bonchev–Trinajstić information content (AvgIpc) is 2.88. The molecule has 0 aliphatic carbocycles. The fraction of sp³-hybridized carbons (Fsp3) is 0.143. The highest BCUT2D eigenvalue weighted by molar-refractivity contribution is 7.22. The van der Waals surface area contributed by atoms with Crippen LogP contribution in [0.1, 0.15) is 16.1 Å². The van der Waals surface area contributed by atoms with Gasteiger partial charge in [0.1, 0.15) is 11.5 Å². The predicted molar refractivity (Wildman–Crippen MR) is 82.7 cm³/mol. The van der Waals surface area contributed by atoms with E-state index in [4.69, 9.17) is 11.6 Å². The summed E-state index contributed by atoms with van der Waals surface area (Å²) in [6.45, 7) is 1.96. The average molecular weight is 306 g/mol. The number of pyridine rings is 1. The number of thiophene rings is 1. The van der Waals surface area contributed by atoms with Crippen molar-refractivity contribution in [1.29, 1.82) is 0 Å². The smallest absolute Gasteiger partial charge is 0.273 e. The van der Waals surface area contributed by atoms with E-state index in [2.05, 4.69) is 10.3 Å². The molecule has 0 unspecified atom stereocenters. The summed E-state index contributed by atoms with van der Waals surface area (Å²) in [5.41, 5.74) is 2.60. The zero-order valence-electron chi connectivity index (χ0n) is 11.0. The second-order valence-electron chi connectivity index (χ2n) is 4.56. The van der Waals surface area contributed by atoms with Crippen LogP contribution in [0.15, 0.2) is 30.5 Å². The minimum absolute atomic E-state index is 0.176. The second-order valence-corrected chi connectivity index (χ2v) is 6.28. The van der Waals surface area contributed by atoms with E-state index < -0.39 is 0 Å². The van der Waals surface area contributed by atoms with Crippen LogP contribution in [0.2, 0.25) is 4.34 Å². The molecule has 4 nitrogen and oxygen atoms in total. The molecule has 0 aliphatic heterocycles. The molecule has 0 saturated carbocycles. The summed E-state index contributed by atoms with van der Waals surface area (Å²) >= 11 is 7.43. The van der Waals surface area contributed by atoms with E-state index in [1.807, 2.05) is 42.8 Å². The van der Waals surface area contributed by atoms with Crippen molar-refractivity contribution in [3.05, 3.63) is 46.1 Å². The highest BCUT2D eigenvalue weighted by atomic mass is 35.5. The van der Waals surface area contributed by atoms with Gasteiger partial charge in [-0.1, -0.05) is 11.6 Å². The Hall–Kier alpha value is -1.85. The number of aromatic nitrogens is 2. The van der Waals surface area contributed by atoms with Crippen molar-refractivity contribution in [2.45, 2.75) is 6.92 Å². The number of carbonyl (C=O) groups excluding carboxylic acids is 1. The molecule has 3 heterocycles. The van der Waals surface area contributed by atoms with Crippen molar-refractivity contribution < 1.29 is 4.79 Å². The van der Waals surface area contributed by atoms with Crippen LogP contribution >= 0.6 is 22.9 Å². The lowest BCUT2D eigenvalue weighted by Crippen LogP contribution is -2.16. The number of anilines is 1. The number of rotatable bonds is 2. The summed E-state index contributed by atoms with van der Waals surface area (Å²) in [5.74, 6) is 0.378. The summed E-state index contributed by atoms with van der Waals surface area (Å²) in [4.78, 5) is 16.4. The fourth-order valence-corrected chi connectivity index (χ4v) is 3.29. The van der Waals surface area contributed by atoms with Crippen LogP contribution in [-0.2, 0) is 7.05 Å². The number of hydrogen-bond donors (Lipinski definition) is 1. The lowest BCUT2D eigenvalue weighted by molar-refractivity contribution is 0.101. The van der Waals surface area contributed by atoms with E-state index >= 15 is 0 Å². The zero-order chi connectivity index (χ0) is 14.3. The van der Waals surface area contributed by atoms with E-state index in [0.29, 0.717) is 11.5 Å². The van der Waals surface area contributed by atoms with Gasteiger partial charge in [0.05, 0.1) is 14.6 Å². The summed E-state index contributed by atoms with van der Waals surface area (Å²) < 4.78 is 3.56. The third kappa shape index (κ3) is 2.30. The molecule has 0 fully saturated rings. The Balaban J connectivity index is 1.92. The molecule has 102 valence electrons. The van der Waals surface area contributed by atoms with E-state index in [1.165, 1.54) is 11.3 Å². The Labute approximate surface area is 125 Å². The number of amides is 1. The van der Waals surface area contributed by atoms with Gasteiger partial charge in [0.25, 0.3) is 5.91 Å². The first-order valence-corrected chi connectivity index (χ1v) is 7.23. The first-order valence-electron chi connectivity index (χ1n) is 6.03. The highest BCUT2D eigenvalue weighted by Crippen LogP contribution is 2.31. The van der Waals surface area contributed by atoms with Crippen molar-refractivity contribution in [1.82, 2.24) is 9.55 Å². The molecule has 1 N–H and O–H groups in total. The molecular weight excluding hydrogens is 294 g/mol. The van der Waals surface area contributed by atoms with Gasteiger partial charge in [0, 0.05) is 13.2 Å². The molecular formula is C14H12ClN3OS. The number of halogens is 1. The lowest BCUT2D eigenvalue weighted by atomic mass is 10.3. The maximum absolute atomic E-state index is 12.3. The largest absolute Gasteiger partial charge is 0.339 e. The summed E-state index contributed by atoms with van der Waals surface area (Å²) in [7, 11) is 1.85. The maximum Gasteiger partial charge on any atom is 0.273 e. The maximum atomic E-state index is 12.3. The van der Waals surface area contributed by atoms with Crippen LogP contribution < -0.4 is 5.32 Å². The summed E-state index contributed by atoms with van der Waals surface area (Å²) in [6, 6.07) is 7.43. The van der Waals surface area contributed by atoms with Crippen LogP contribution in [0.3, 0.4) is 0 Å². The second kappa shape index (κ2) is 4.92. The third-order valence-electron chi connectivity index (χ3n) is 3.09. The van der Waals surface area contributed by atoms with Gasteiger partial charge in [0.2, 0.25) is 0 Å². The van der Waals surface area contributed by atoms with Crippen molar-refractivity contribution in [3.63, 3.8) is 0 Å². The van der Waals surface area contributed by atoms with Crippen LogP contribution in [0.25, 0.3) is 10.2 Å². The summed E-state index contributed by atoms with van der Waals surface area (Å²) in [5, 5.41) is 2.81. The van der Waals surface area contributed by atoms with Crippen molar-refractivity contribution >= 4 is 44.9 Å². The molecule has 20 heavy (non-hydrogen) atoms. The highest BCUT2D eigenvalue weighted by Gasteiger charge is 2.15. The van der Waals surface area contributed by atoms with E-state index in [0.717, 1.165) is 20.1 Å². The SMILES string of the molecule is Cc1ccnc(NC(=O)c2cc3sc(Cl)cc3n2C)c1. The molecule has 0 aromatic carbocycles. The van der Waals surface area contributed by atoms with Gasteiger partial charge in [-0.2, -0.15) is 0 Å². The number of hydrogen-bond acceptors (Lipinski definition) is 3. The molecule has 0 bridgehead atoms. The first kappa shape index (κ1) is 13.1. The Morgan fingerprint density at radius 1 is 1.40 bits per heavy atom. The van der Waals surface area contributed by atoms with Crippen LogP contribution in [0, 0.1) is 6.92 Å². The Morgan fingerprint density at radius 3 is 2.90 bits per heavy atom. The minimum atomic E-state index is -0.176. The number of nitrogens with zero attached hydrogens (tertiary/aromatic N) is 2. The standard InChI is InChI=1S/C14H12ClN3OS/c1-8-3-4-16-13(5-8)17-14(19)10-6-11-9(18(10)2)7-12(15)20-11/h3-7H,1-2H3,(H,16,17,19). The van der Waals surface area contributed by atoms with Gasteiger partial charge < -0.3 is 9.88 Å². The molecule has 3 rings (SSSR count). The fourth-order valence-electron chi connectivity index (χ4n) is 2.08. The Bertz CT molecular complexity index is 806. The van der Waals surface area contributed by atoms with Crippen molar-refractivity contribution in [3.8, 4) is 0 Å². The molecule has 0 spiro atoms. The monoisotopic (exact) mass is 305 g/mol. The number of fused-ring (bicyclic) bond motifs is 1. The molecule has 3 aromatic rings. The number of nitrogens with one attached hydrogen (secondary N) is 1. The quantitative estimate of drug-likeness (QED) is 0.781. The van der Waals surface area contributed by atoms with Crippen LogP contribution in [0.4, 0.5) is 5.82 Å². The molecule has 0 aliphatic rings. The molecule has 6 heteroatoms. The van der Waals surface area contributed by atoms with Crippen LogP contribution in [0.5, 0.6) is 0 Å². The molecule has 0 radical (unpaired) electrons. The Kier molecular flexibility index (Phi) is 3.23. The third-order valence-corrected chi connectivity index (χ3v) is 4.29. The molecule has 0 atom stereocenters. The predicted octanol–water partition coefficient (Wildman–Crippen LogP) is 3.85. The van der Waals surface area contributed by atoms with E-state index in [9.17, 15) is 4.79 Å². The number of aryl methyl sites for hydroxylation is 2. The topological polar surface area (TPSA) is 46.9 Å². The molecule has 3 aromatic heterocycles. The minimum Gasteiger partial charge on any atom is -0.339 e. The molecule has 1 amide bonds. The van der Waals surface area contributed by atoms with Crippen molar-refractivity contribution in [2.75, 3.05) is 5.32 Å². The van der Waals surface area contributed by atoms with Gasteiger partial charge in [0.15, 0.2) is 0 Å². The van der Waals surface area contributed by atoms with E-state index in [1.54, 1.807) is 6.20 Å². The van der Waals surface area contributed by atoms with Crippen molar-refractivity contribution in [2.24, 2.45) is 7.05 Å². The lowest BCUT2D eigenvalue weighted by Gasteiger charge is -2.06. The number of carbonyl (C=O) groups is 1. The summed E-state index contributed by atoms with van der Waals surface area (Å²) in [6.07, 6.45) is 1.67. The molecule has 0 saturated heterocycles. The van der Waals surface area contributed by atoms with Gasteiger partial charge in [-0.05, 0) is 36.8 Å². The van der Waals surface area contributed by atoms with Gasteiger partial charge in [-0.3, -0.25) is 4.79 Å². The first-order chi connectivity index (χ1) is 9.54. The zero-order valence-corrected chi connectivity index (χ0v) is 12.5. The van der Waals surface area contributed by atoms with Crippen LogP contribution in [-0.4, -0.2) is 15.5 Å². The Morgan fingerprint density at radius 2 is 2.20 bits per heavy atom. The normalized spacial score (nSPS) is 10.9. The van der Waals surface area contributed by atoms with Gasteiger partial charge >= 0.3 is 0 Å². The van der Waals surface area contributed by atoms with E-state index in [-0.39, 0.29) is 5.91 Å².